The van der Waals surface area contributed by atoms with Crippen LogP contribution in [0.1, 0.15) is 53.7 Å². The van der Waals surface area contributed by atoms with Crippen molar-refractivity contribution in [2.75, 3.05) is 13.1 Å². The predicted molar refractivity (Wildman–Crippen MR) is 84.4 cm³/mol. The Morgan fingerprint density at radius 3 is 2.40 bits per heavy atom. The number of rotatable bonds is 3. The van der Waals surface area contributed by atoms with Gasteiger partial charge in [0.2, 0.25) is 0 Å². The lowest BCUT2D eigenvalue weighted by molar-refractivity contribution is 0.0707. The van der Waals surface area contributed by atoms with Crippen molar-refractivity contribution in [2.45, 2.75) is 47.5 Å². The standard InChI is InChI=1S/C18H27NO/c1-12-9-14(3)16(10-13(12)2)17(20)18(4,5)15-7-6-8-19-11-15/h9-10,15,19H,6-8,11H2,1-5H3. The molecule has 1 unspecified atom stereocenters. The molecule has 0 radical (unpaired) electrons. The molecule has 1 aliphatic heterocycles. The normalized spacial score (nSPS) is 19.9. The average Bonchev–Trinajstić information content (AvgIpc) is 2.43. The second kappa shape index (κ2) is 5.69. The van der Waals surface area contributed by atoms with Gasteiger partial charge >= 0.3 is 0 Å². The highest BCUT2D eigenvalue weighted by molar-refractivity contribution is 6.01. The molecule has 0 aliphatic carbocycles. The number of ketones is 1. The molecule has 0 bridgehead atoms. The Bertz CT molecular complexity index is 510. The van der Waals surface area contributed by atoms with E-state index in [0.29, 0.717) is 11.7 Å². The molecule has 1 N–H and O–H groups in total. The van der Waals surface area contributed by atoms with Crippen LogP contribution in [0.15, 0.2) is 12.1 Å². The maximum atomic E-state index is 13.0. The molecule has 1 atom stereocenters. The van der Waals surface area contributed by atoms with Crippen LogP contribution in [0.25, 0.3) is 0 Å². The van der Waals surface area contributed by atoms with Crippen molar-refractivity contribution in [3.8, 4) is 0 Å². The largest absolute Gasteiger partial charge is 0.316 e. The summed E-state index contributed by atoms with van der Waals surface area (Å²) in [6, 6.07) is 4.21. The molecule has 2 rings (SSSR count). The monoisotopic (exact) mass is 273 g/mol. The molecule has 1 aliphatic rings. The van der Waals surface area contributed by atoms with E-state index >= 15 is 0 Å². The first-order valence-corrected chi connectivity index (χ1v) is 7.67. The molecular weight excluding hydrogens is 246 g/mol. The van der Waals surface area contributed by atoms with Crippen molar-refractivity contribution < 1.29 is 4.79 Å². The molecule has 1 aromatic carbocycles. The molecule has 1 aromatic rings. The number of hydrogen-bond acceptors (Lipinski definition) is 2. The summed E-state index contributed by atoms with van der Waals surface area (Å²) in [6.07, 6.45) is 2.32. The van der Waals surface area contributed by atoms with Gasteiger partial charge in [0.25, 0.3) is 0 Å². The first-order chi connectivity index (χ1) is 9.34. The van der Waals surface area contributed by atoms with Crippen molar-refractivity contribution in [1.82, 2.24) is 5.32 Å². The lowest BCUT2D eigenvalue weighted by atomic mass is 9.70. The lowest BCUT2D eigenvalue weighted by Gasteiger charge is -2.36. The Balaban J connectivity index is 2.32. The van der Waals surface area contributed by atoms with Crippen LogP contribution in [0, 0.1) is 32.1 Å². The molecule has 0 amide bonds. The van der Waals surface area contributed by atoms with Crippen LogP contribution in [0.2, 0.25) is 0 Å². The molecule has 1 heterocycles. The number of piperidine rings is 1. The third kappa shape index (κ3) is 2.80. The van der Waals surface area contributed by atoms with Crippen LogP contribution < -0.4 is 5.32 Å². The lowest BCUT2D eigenvalue weighted by Crippen LogP contribution is -2.42. The molecule has 2 heteroatoms. The van der Waals surface area contributed by atoms with E-state index in [0.717, 1.165) is 30.6 Å². The van der Waals surface area contributed by atoms with Gasteiger partial charge in [-0.15, -0.1) is 0 Å². The number of benzene rings is 1. The fraction of sp³-hybridized carbons (Fsp3) is 0.611. The molecule has 1 fully saturated rings. The Morgan fingerprint density at radius 2 is 1.80 bits per heavy atom. The summed E-state index contributed by atoms with van der Waals surface area (Å²) in [5.74, 6) is 0.733. The fourth-order valence-corrected chi connectivity index (χ4v) is 3.21. The second-order valence-corrected chi connectivity index (χ2v) is 6.85. The zero-order valence-electron chi connectivity index (χ0n) is 13.5. The maximum absolute atomic E-state index is 13.0. The van der Waals surface area contributed by atoms with Gasteiger partial charge in [0.05, 0.1) is 0 Å². The summed E-state index contributed by atoms with van der Waals surface area (Å²) in [6.45, 7) is 12.5. The zero-order valence-corrected chi connectivity index (χ0v) is 13.5. The number of carbonyl (C=O) groups is 1. The summed E-state index contributed by atoms with van der Waals surface area (Å²) < 4.78 is 0. The van der Waals surface area contributed by atoms with Crippen LogP contribution in [-0.4, -0.2) is 18.9 Å². The number of carbonyl (C=O) groups excluding carboxylic acids is 1. The highest BCUT2D eigenvalue weighted by Crippen LogP contribution is 2.36. The van der Waals surface area contributed by atoms with E-state index in [1.54, 1.807) is 0 Å². The Morgan fingerprint density at radius 1 is 1.15 bits per heavy atom. The average molecular weight is 273 g/mol. The molecule has 0 aromatic heterocycles. The Kier molecular flexibility index (Phi) is 4.33. The zero-order chi connectivity index (χ0) is 14.9. The summed E-state index contributed by atoms with van der Waals surface area (Å²) in [4.78, 5) is 13.0. The maximum Gasteiger partial charge on any atom is 0.169 e. The van der Waals surface area contributed by atoms with Crippen LogP contribution in [-0.2, 0) is 0 Å². The summed E-state index contributed by atoms with van der Waals surface area (Å²) in [5.41, 5.74) is 4.19. The van der Waals surface area contributed by atoms with Gasteiger partial charge in [-0.1, -0.05) is 19.9 Å². The smallest absolute Gasteiger partial charge is 0.169 e. The summed E-state index contributed by atoms with van der Waals surface area (Å²) >= 11 is 0. The number of Topliss-reactive ketones (excluding diaryl/α,β-unsaturated/α-hetero) is 1. The molecule has 1 saturated heterocycles. The first kappa shape index (κ1) is 15.2. The van der Waals surface area contributed by atoms with E-state index in [1.165, 1.54) is 17.5 Å². The van der Waals surface area contributed by atoms with Gasteiger partial charge in [-0.3, -0.25) is 4.79 Å². The van der Waals surface area contributed by atoms with Crippen molar-refractivity contribution in [2.24, 2.45) is 11.3 Å². The van der Waals surface area contributed by atoms with E-state index in [2.05, 4.69) is 52.1 Å². The van der Waals surface area contributed by atoms with E-state index < -0.39 is 0 Å². The van der Waals surface area contributed by atoms with E-state index in [-0.39, 0.29) is 5.41 Å². The third-order valence-electron chi connectivity index (χ3n) is 4.99. The van der Waals surface area contributed by atoms with Gasteiger partial charge in [-0.2, -0.15) is 0 Å². The molecule has 0 saturated carbocycles. The number of nitrogens with one attached hydrogen (secondary N) is 1. The van der Waals surface area contributed by atoms with Gasteiger partial charge < -0.3 is 5.32 Å². The van der Waals surface area contributed by atoms with Crippen LogP contribution >= 0.6 is 0 Å². The Labute approximate surface area is 123 Å². The topological polar surface area (TPSA) is 29.1 Å². The quantitative estimate of drug-likeness (QED) is 0.848. The number of hydrogen-bond donors (Lipinski definition) is 1. The molecular formula is C18H27NO. The molecule has 2 nitrogen and oxygen atoms in total. The van der Waals surface area contributed by atoms with Gasteiger partial charge in [0.1, 0.15) is 0 Å². The van der Waals surface area contributed by atoms with Gasteiger partial charge in [0, 0.05) is 11.0 Å². The minimum absolute atomic E-state index is 0.292. The number of aryl methyl sites for hydroxylation is 3. The van der Waals surface area contributed by atoms with E-state index in [4.69, 9.17) is 0 Å². The Hall–Kier alpha value is -1.15. The third-order valence-corrected chi connectivity index (χ3v) is 4.99. The van der Waals surface area contributed by atoms with E-state index in [9.17, 15) is 4.79 Å². The van der Waals surface area contributed by atoms with E-state index in [1.807, 2.05) is 0 Å². The highest BCUT2D eigenvalue weighted by Gasteiger charge is 2.38. The fourth-order valence-electron chi connectivity index (χ4n) is 3.21. The van der Waals surface area contributed by atoms with Crippen LogP contribution in [0.4, 0.5) is 0 Å². The summed E-state index contributed by atoms with van der Waals surface area (Å²) in [5, 5.41) is 3.43. The van der Waals surface area contributed by atoms with Crippen molar-refractivity contribution in [3.05, 3.63) is 34.4 Å². The van der Waals surface area contributed by atoms with Crippen molar-refractivity contribution >= 4 is 5.78 Å². The second-order valence-electron chi connectivity index (χ2n) is 6.85. The highest BCUT2D eigenvalue weighted by atomic mass is 16.1. The van der Waals surface area contributed by atoms with Crippen molar-refractivity contribution in [3.63, 3.8) is 0 Å². The minimum atomic E-state index is -0.292. The minimum Gasteiger partial charge on any atom is -0.316 e. The first-order valence-electron chi connectivity index (χ1n) is 7.67. The SMILES string of the molecule is Cc1cc(C)c(C(=O)C(C)(C)C2CCCNC2)cc1C. The van der Waals surface area contributed by atoms with Crippen LogP contribution in [0.3, 0.4) is 0 Å². The predicted octanol–water partition coefficient (Wildman–Crippen LogP) is 3.82. The molecule has 110 valence electrons. The molecule has 0 spiro atoms. The van der Waals surface area contributed by atoms with Gasteiger partial charge in [-0.25, -0.2) is 0 Å². The summed E-state index contributed by atoms with van der Waals surface area (Å²) in [7, 11) is 0. The van der Waals surface area contributed by atoms with Gasteiger partial charge in [0.15, 0.2) is 5.78 Å². The van der Waals surface area contributed by atoms with Crippen LogP contribution in [0.5, 0.6) is 0 Å². The molecule has 20 heavy (non-hydrogen) atoms. The van der Waals surface area contributed by atoms with Crippen molar-refractivity contribution in [1.29, 1.82) is 0 Å². The van der Waals surface area contributed by atoms with Gasteiger partial charge in [-0.05, 0) is 75.4 Å².